The number of nitrogens with zero attached hydrogens (tertiary/aromatic N) is 5. The van der Waals surface area contributed by atoms with Gasteiger partial charge in [-0.25, -0.2) is 4.98 Å². The molecule has 0 bridgehead atoms. The minimum atomic E-state index is 0. The van der Waals surface area contributed by atoms with Gasteiger partial charge in [0.15, 0.2) is 5.96 Å². The normalized spacial score (nSPS) is 20.6. The molecular weight excluding hydrogens is 479 g/mol. The molecule has 0 unspecified atom stereocenters. The number of aromatic nitrogens is 1. The van der Waals surface area contributed by atoms with E-state index >= 15 is 0 Å². The van der Waals surface area contributed by atoms with Gasteiger partial charge in [-0.15, -0.1) is 24.0 Å². The Morgan fingerprint density at radius 1 is 1.17 bits per heavy atom. The monoisotopic (exact) mass is 514 g/mol. The van der Waals surface area contributed by atoms with Crippen molar-refractivity contribution in [2.24, 2.45) is 10.4 Å². The molecule has 8 heteroatoms. The van der Waals surface area contributed by atoms with Crippen molar-refractivity contribution >= 4 is 41.7 Å². The average molecular weight is 514 g/mol. The highest BCUT2D eigenvalue weighted by atomic mass is 127. The van der Waals surface area contributed by atoms with Gasteiger partial charge >= 0.3 is 0 Å². The second kappa shape index (κ2) is 9.49. The molecule has 0 aliphatic carbocycles. The minimum Gasteiger partial charge on any atom is -0.356 e. The summed E-state index contributed by atoms with van der Waals surface area (Å²) < 4.78 is 0. The predicted octanol–water partition coefficient (Wildman–Crippen LogP) is 2.43. The number of likely N-dealkylation sites (tertiary alicyclic amines) is 1. The average Bonchev–Trinajstić information content (AvgIpc) is 2.70. The number of hydrogen-bond donors (Lipinski definition) is 1. The van der Waals surface area contributed by atoms with Gasteiger partial charge in [-0.3, -0.25) is 9.79 Å². The summed E-state index contributed by atoms with van der Waals surface area (Å²) in [6.45, 7) is 13.8. The molecule has 162 valence electrons. The minimum absolute atomic E-state index is 0. The third-order valence-electron chi connectivity index (χ3n) is 6.58. The van der Waals surface area contributed by atoms with Crippen LogP contribution in [0.2, 0.25) is 0 Å². The molecule has 29 heavy (non-hydrogen) atoms. The molecule has 2 saturated heterocycles. The molecule has 2 aliphatic heterocycles. The van der Waals surface area contributed by atoms with Crippen LogP contribution in [0.25, 0.3) is 0 Å². The summed E-state index contributed by atoms with van der Waals surface area (Å²) in [4.78, 5) is 27.9. The van der Waals surface area contributed by atoms with Crippen molar-refractivity contribution in [2.45, 2.75) is 39.7 Å². The summed E-state index contributed by atoms with van der Waals surface area (Å²) in [5.74, 6) is 2.07. The molecule has 7 nitrogen and oxygen atoms in total. The number of nitrogens with one attached hydrogen (secondary N) is 1. The highest BCUT2D eigenvalue weighted by Crippen LogP contribution is 2.46. The lowest BCUT2D eigenvalue weighted by molar-refractivity contribution is -0.131. The van der Waals surface area contributed by atoms with Gasteiger partial charge in [-0.2, -0.15) is 0 Å². The highest BCUT2D eigenvalue weighted by Gasteiger charge is 2.53. The molecule has 3 heterocycles. The van der Waals surface area contributed by atoms with Gasteiger partial charge in [0, 0.05) is 69.9 Å². The first kappa shape index (κ1) is 23.7. The second-order valence-electron chi connectivity index (χ2n) is 8.81. The summed E-state index contributed by atoms with van der Waals surface area (Å²) in [7, 11) is 1.81. The summed E-state index contributed by atoms with van der Waals surface area (Å²) in [5, 5.41) is 3.38. The fourth-order valence-electron chi connectivity index (χ4n) is 3.86. The van der Waals surface area contributed by atoms with Gasteiger partial charge < -0.3 is 20.0 Å². The Morgan fingerprint density at radius 3 is 2.38 bits per heavy atom. The first-order valence-corrected chi connectivity index (χ1v) is 10.2. The van der Waals surface area contributed by atoms with Crippen LogP contribution in [0.5, 0.6) is 0 Å². The number of guanidine groups is 1. The van der Waals surface area contributed by atoms with E-state index in [-0.39, 0.29) is 40.8 Å². The molecule has 2 fully saturated rings. The molecule has 0 aromatic carbocycles. The molecule has 0 saturated carbocycles. The zero-order valence-electron chi connectivity index (χ0n) is 18.3. The Bertz CT molecular complexity index is 713. The van der Waals surface area contributed by atoms with Crippen molar-refractivity contribution in [3.05, 3.63) is 24.4 Å². The van der Waals surface area contributed by atoms with E-state index in [1.165, 1.54) is 0 Å². The van der Waals surface area contributed by atoms with Gasteiger partial charge in [0.1, 0.15) is 5.82 Å². The van der Waals surface area contributed by atoms with E-state index in [2.05, 4.69) is 52.8 Å². The third kappa shape index (κ3) is 4.95. The zero-order chi connectivity index (χ0) is 20.4. The Labute approximate surface area is 192 Å². The van der Waals surface area contributed by atoms with E-state index in [4.69, 9.17) is 0 Å². The number of halogens is 1. The van der Waals surface area contributed by atoms with Crippen LogP contribution in [-0.2, 0) is 4.79 Å². The molecule has 3 rings (SSSR count). The number of aliphatic imine (C=N–C) groups is 1. The number of piperazine rings is 1. The molecule has 1 amide bonds. The van der Waals surface area contributed by atoms with E-state index in [0.717, 1.165) is 44.5 Å². The molecule has 1 aromatic heterocycles. The van der Waals surface area contributed by atoms with Crippen molar-refractivity contribution in [1.29, 1.82) is 0 Å². The number of hydrogen-bond acceptors (Lipinski definition) is 4. The first-order chi connectivity index (χ1) is 13.3. The molecule has 1 aromatic rings. The topological polar surface area (TPSA) is 64.1 Å². The lowest BCUT2D eigenvalue weighted by Crippen LogP contribution is -2.72. The van der Waals surface area contributed by atoms with Crippen LogP contribution < -0.4 is 10.2 Å². The smallest absolute Gasteiger partial charge is 0.224 e. The maximum absolute atomic E-state index is 12.6. The van der Waals surface area contributed by atoms with Gasteiger partial charge in [-0.1, -0.05) is 19.9 Å². The SMILES string of the molecule is CN=C(NCCC(=O)N1CCN(c2ccccn2)CC1)N1CC(C)(C)C1(C)C.I. The lowest BCUT2D eigenvalue weighted by Gasteiger charge is -2.62. The van der Waals surface area contributed by atoms with Crippen LogP contribution in [0.4, 0.5) is 5.82 Å². The van der Waals surface area contributed by atoms with E-state index in [1.54, 1.807) is 0 Å². The quantitative estimate of drug-likeness (QED) is 0.380. The summed E-state index contributed by atoms with van der Waals surface area (Å²) in [6, 6.07) is 5.94. The van der Waals surface area contributed by atoms with E-state index in [9.17, 15) is 4.79 Å². The van der Waals surface area contributed by atoms with Gasteiger partial charge in [0.2, 0.25) is 5.91 Å². The Balaban J connectivity index is 0.00000300. The van der Waals surface area contributed by atoms with Crippen molar-refractivity contribution in [1.82, 2.24) is 20.1 Å². The van der Waals surface area contributed by atoms with E-state index < -0.39 is 0 Å². The Morgan fingerprint density at radius 2 is 1.86 bits per heavy atom. The fraction of sp³-hybridized carbons (Fsp3) is 0.667. The van der Waals surface area contributed by atoms with Crippen molar-refractivity contribution in [2.75, 3.05) is 51.2 Å². The second-order valence-corrected chi connectivity index (χ2v) is 8.81. The van der Waals surface area contributed by atoms with Crippen LogP contribution in [-0.4, -0.2) is 78.5 Å². The van der Waals surface area contributed by atoms with E-state index in [0.29, 0.717) is 13.0 Å². The standard InChI is InChI=1S/C21H34N6O.HI/c1-20(2)16-27(21(20,3)4)19(22-5)24-11-9-18(28)26-14-12-25(13-15-26)17-8-6-7-10-23-17;/h6-8,10H,9,11-16H2,1-5H3,(H,22,24);1H. The zero-order valence-corrected chi connectivity index (χ0v) is 20.6. The Hall–Kier alpha value is -1.58. The number of pyridine rings is 1. The highest BCUT2D eigenvalue weighted by molar-refractivity contribution is 14.0. The summed E-state index contributed by atoms with van der Waals surface area (Å²) in [6.07, 6.45) is 2.30. The van der Waals surface area contributed by atoms with Crippen LogP contribution in [0.1, 0.15) is 34.1 Å². The van der Waals surface area contributed by atoms with Crippen LogP contribution in [0.3, 0.4) is 0 Å². The number of amides is 1. The van der Waals surface area contributed by atoms with E-state index in [1.807, 2.05) is 36.3 Å². The van der Waals surface area contributed by atoms with Crippen molar-refractivity contribution in [3.8, 4) is 0 Å². The van der Waals surface area contributed by atoms with Crippen molar-refractivity contribution in [3.63, 3.8) is 0 Å². The molecule has 0 atom stereocenters. The largest absolute Gasteiger partial charge is 0.356 e. The van der Waals surface area contributed by atoms with Crippen molar-refractivity contribution < 1.29 is 4.79 Å². The lowest BCUT2D eigenvalue weighted by atomic mass is 9.65. The third-order valence-corrected chi connectivity index (χ3v) is 6.58. The maximum atomic E-state index is 12.6. The summed E-state index contributed by atoms with van der Waals surface area (Å²) in [5.41, 5.74) is 0.314. The number of rotatable bonds is 4. The molecule has 0 spiro atoms. The predicted molar refractivity (Wildman–Crippen MR) is 129 cm³/mol. The fourth-order valence-corrected chi connectivity index (χ4v) is 3.86. The molecular formula is C21H35IN6O. The maximum Gasteiger partial charge on any atom is 0.224 e. The van der Waals surface area contributed by atoms with Gasteiger partial charge in [-0.05, 0) is 26.0 Å². The summed E-state index contributed by atoms with van der Waals surface area (Å²) >= 11 is 0. The van der Waals surface area contributed by atoms with Gasteiger partial charge in [0.25, 0.3) is 0 Å². The number of carbonyl (C=O) groups is 1. The Kier molecular flexibility index (Phi) is 7.75. The molecule has 0 radical (unpaired) electrons. The molecule has 2 aliphatic rings. The van der Waals surface area contributed by atoms with Crippen LogP contribution in [0.15, 0.2) is 29.4 Å². The number of anilines is 1. The number of carbonyl (C=O) groups excluding carboxylic acids is 1. The first-order valence-electron chi connectivity index (χ1n) is 10.2. The van der Waals surface area contributed by atoms with Crippen LogP contribution in [0, 0.1) is 5.41 Å². The molecule has 1 N–H and O–H groups in total. The van der Waals surface area contributed by atoms with Crippen LogP contribution >= 0.6 is 24.0 Å². The van der Waals surface area contributed by atoms with Gasteiger partial charge in [0.05, 0.1) is 0 Å².